The molecule has 0 spiro atoms. The van der Waals surface area contributed by atoms with Crippen molar-refractivity contribution in [2.75, 3.05) is 0 Å². The molecule has 1 aromatic carbocycles. The fourth-order valence-electron chi connectivity index (χ4n) is 1.56. The summed E-state index contributed by atoms with van der Waals surface area (Å²) in [4.78, 5) is 11.9. The second-order valence-electron chi connectivity index (χ2n) is 3.85. The van der Waals surface area contributed by atoms with E-state index in [1.54, 1.807) is 12.1 Å². The third-order valence-corrected chi connectivity index (χ3v) is 3.19. The number of furan rings is 1. The summed E-state index contributed by atoms with van der Waals surface area (Å²) in [5.74, 6) is -0.0729. The molecule has 0 bridgehead atoms. The van der Waals surface area contributed by atoms with E-state index in [-0.39, 0.29) is 22.9 Å². The van der Waals surface area contributed by atoms with Crippen LogP contribution >= 0.6 is 27.5 Å². The SMILES string of the molecule is C[C@H](NC(=O)c1ccc(Cl)o1)c1cccc(Br)c1. The van der Waals surface area contributed by atoms with Gasteiger partial charge in [0.1, 0.15) is 0 Å². The van der Waals surface area contributed by atoms with Gasteiger partial charge in [-0.1, -0.05) is 28.1 Å². The summed E-state index contributed by atoms with van der Waals surface area (Å²) in [6.07, 6.45) is 0. The van der Waals surface area contributed by atoms with Gasteiger partial charge in [0.15, 0.2) is 11.0 Å². The lowest BCUT2D eigenvalue weighted by atomic mass is 10.1. The third kappa shape index (κ3) is 3.15. The second kappa shape index (κ2) is 5.59. The van der Waals surface area contributed by atoms with Crippen LogP contribution in [-0.4, -0.2) is 5.91 Å². The monoisotopic (exact) mass is 327 g/mol. The van der Waals surface area contributed by atoms with Crippen molar-refractivity contribution in [3.8, 4) is 0 Å². The zero-order chi connectivity index (χ0) is 13.1. The molecule has 1 aromatic heterocycles. The molecule has 0 aliphatic rings. The van der Waals surface area contributed by atoms with E-state index in [2.05, 4.69) is 21.2 Å². The van der Waals surface area contributed by atoms with E-state index < -0.39 is 0 Å². The lowest BCUT2D eigenvalue weighted by molar-refractivity contribution is 0.0912. The molecular weight excluding hydrogens is 318 g/mol. The van der Waals surface area contributed by atoms with Crippen molar-refractivity contribution in [1.82, 2.24) is 5.32 Å². The summed E-state index contributed by atoms with van der Waals surface area (Å²) in [5, 5.41) is 3.04. The van der Waals surface area contributed by atoms with Crippen LogP contribution in [0.1, 0.15) is 29.1 Å². The maximum absolute atomic E-state index is 11.9. The number of hydrogen-bond acceptors (Lipinski definition) is 2. The average Bonchev–Trinajstić information content (AvgIpc) is 2.76. The Hall–Kier alpha value is -1.26. The van der Waals surface area contributed by atoms with Gasteiger partial charge in [0.25, 0.3) is 5.91 Å². The average molecular weight is 329 g/mol. The number of amides is 1. The fourth-order valence-corrected chi connectivity index (χ4v) is 2.13. The van der Waals surface area contributed by atoms with E-state index in [0.29, 0.717) is 0 Å². The lowest BCUT2D eigenvalue weighted by Crippen LogP contribution is -2.26. The molecule has 0 radical (unpaired) electrons. The molecule has 3 nitrogen and oxygen atoms in total. The van der Waals surface area contributed by atoms with E-state index in [1.807, 2.05) is 31.2 Å². The molecule has 5 heteroatoms. The first-order valence-corrected chi connectivity index (χ1v) is 6.55. The van der Waals surface area contributed by atoms with Crippen molar-refractivity contribution < 1.29 is 9.21 Å². The molecule has 0 fully saturated rings. The zero-order valence-corrected chi connectivity index (χ0v) is 12.0. The molecule has 2 aromatic rings. The summed E-state index contributed by atoms with van der Waals surface area (Å²) < 4.78 is 6.02. The van der Waals surface area contributed by atoms with Crippen molar-refractivity contribution in [2.45, 2.75) is 13.0 Å². The predicted molar refractivity (Wildman–Crippen MR) is 73.7 cm³/mol. The molecule has 0 aliphatic carbocycles. The van der Waals surface area contributed by atoms with Gasteiger partial charge in [-0.25, -0.2) is 0 Å². The summed E-state index contributed by atoms with van der Waals surface area (Å²) in [6, 6.07) is 10.7. The fraction of sp³-hybridized carbons (Fsp3) is 0.154. The maximum atomic E-state index is 11.9. The predicted octanol–water partition coefficient (Wildman–Crippen LogP) is 4.19. The van der Waals surface area contributed by atoms with E-state index in [9.17, 15) is 4.79 Å². The lowest BCUT2D eigenvalue weighted by Gasteiger charge is -2.13. The number of carbonyl (C=O) groups excluding carboxylic acids is 1. The van der Waals surface area contributed by atoms with Crippen LogP contribution in [0.2, 0.25) is 5.22 Å². The van der Waals surface area contributed by atoms with E-state index in [1.165, 1.54) is 0 Å². The summed E-state index contributed by atoms with van der Waals surface area (Å²) in [5.41, 5.74) is 1.01. The van der Waals surface area contributed by atoms with Crippen LogP contribution in [0.4, 0.5) is 0 Å². The molecule has 94 valence electrons. The smallest absolute Gasteiger partial charge is 0.287 e. The Balaban J connectivity index is 2.07. The molecule has 0 saturated carbocycles. The normalized spacial score (nSPS) is 12.2. The molecule has 1 amide bonds. The van der Waals surface area contributed by atoms with Gasteiger partial charge in [-0.15, -0.1) is 0 Å². The Kier molecular flexibility index (Phi) is 4.09. The minimum absolute atomic E-state index is 0.112. The molecule has 0 aliphatic heterocycles. The Bertz CT molecular complexity index is 568. The first-order valence-electron chi connectivity index (χ1n) is 5.38. The van der Waals surface area contributed by atoms with Crippen LogP contribution in [0.3, 0.4) is 0 Å². The highest BCUT2D eigenvalue weighted by Gasteiger charge is 2.14. The van der Waals surface area contributed by atoms with Gasteiger partial charge in [-0.05, 0) is 48.4 Å². The zero-order valence-electron chi connectivity index (χ0n) is 9.61. The van der Waals surface area contributed by atoms with Crippen LogP contribution in [0.25, 0.3) is 0 Å². The van der Waals surface area contributed by atoms with Gasteiger partial charge in [0, 0.05) is 4.47 Å². The Morgan fingerprint density at radius 3 is 2.78 bits per heavy atom. The third-order valence-electron chi connectivity index (χ3n) is 2.49. The highest BCUT2D eigenvalue weighted by atomic mass is 79.9. The van der Waals surface area contributed by atoms with Gasteiger partial charge < -0.3 is 9.73 Å². The Labute approximate surface area is 118 Å². The van der Waals surface area contributed by atoms with E-state index in [0.717, 1.165) is 10.0 Å². The highest BCUT2D eigenvalue weighted by Crippen LogP contribution is 2.19. The molecule has 0 unspecified atom stereocenters. The number of carbonyl (C=O) groups is 1. The van der Waals surface area contributed by atoms with Crippen molar-refractivity contribution in [2.24, 2.45) is 0 Å². The van der Waals surface area contributed by atoms with Gasteiger partial charge >= 0.3 is 0 Å². The molecule has 0 saturated heterocycles. The van der Waals surface area contributed by atoms with Crippen molar-refractivity contribution >= 4 is 33.4 Å². The van der Waals surface area contributed by atoms with Crippen molar-refractivity contribution in [3.05, 3.63) is 57.4 Å². The van der Waals surface area contributed by atoms with Crippen LogP contribution in [0.15, 0.2) is 45.3 Å². The number of nitrogens with one attached hydrogen (secondary N) is 1. The molecule has 1 atom stereocenters. The minimum atomic E-state index is -0.283. The van der Waals surface area contributed by atoms with Crippen LogP contribution in [-0.2, 0) is 0 Å². The van der Waals surface area contributed by atoms with Crippen molar-refractivity contribution in [1.29, 1.82) is 0 Å². The quantitative estimate of drug-likeness (QED) is 0.918. The summed E-state index contributed by atoms with van der Waals surface area (Å²) in [6.45, 7) is 1.91. The maximum Gasteiger partial charge on any atom is 0.287 e. The van der Waals surface area contributed by atoms with Crippen LogP contribution in [0, 0.1) is 0 Å². The van der Waals surface area contributed by atoms with E-state index in [4.69, 9.17) is 16.0 Å². The Morgan fingerprint density at radius 2 is 2.17 bits per heavy atom. The van der Waals surface area contributed by atoms with Gasteiger partial charge in [0.05, 0.1) is 6.04 Å². The molecule has 1 N–H and O–H groups in total. The number of hydrogen-bond donors (Lipinski definition) is 1. The summed E-state index contributed by atoms with van der Waals surface area (Å²) >= 11 is 9.02. The molecular formula is C13H11BrClNO2. The number of rotatable bonds is 3. The van der Waals surface area contributed by atoms with E-state index >= 15 is 0 Å². The first-order chi connectivity index (χ1) is 8.56. The second-order valence-corrected chi connectivity index (χ2v) is 5.14. The standard InChI is InChI=1S/C13H11BrClNO2/c1-8(9-3-2-4-10(14)7-9)16-13(17)11-5-6-12(15)18-11/h2-8H,1H3,(H,16,17)/t8-/m0/s1. The Morgan fingerprint density at radius 1 is 1.39 bits per heavy atom. The minimum Gasteiger partial charge on any atom is -0.440 e. The first kappa shape index (κ1) is 13.2. The van der Waals surface area contributed by atoms with Gasteiger partial charge in [-0.3, -0.25) is 4.79 Å². The molecule has 2 rings (SSSR count). The van der Waals surface area contributed by atoms with Crippen LogP contribution in [0.5, 0.6) is 0 Å². The number of halogens is 2. The molecule has 18 heavy (non-hydrogen) atoms. The number of benzene rings is 1. The molecule has 1 heterocycles. The topological polar surface area (TPSA) is 42.2 Å². The van der Waals surface area contributed by atoms with Crippen LogP contribution < -0.4 is 5.32 Å². The van der Waals surface area contributed by atoms with Crippen molar-refractivity contribution in [3.63, 3.8) is 0 Å². The largest absolute Gasteiger partial charge is 0.440 e. The highest BCUT2D eigenvalue weighted by molar-refractivity contribution is 9.10. The van der Waals surface area contributed by atoms with Gasteiger partial charge in [0.2, 0.25) is 0 Å². The van der Waals surface area contributed by atoms with Gasteiger partial charge in [-0.2, -0.15) is 0 Å². The summed E-state index contributed by atoms with van der Waals surface area (Å²) in [7, 11) is 0.